The van der Waals surface area contributed by atoms with Crippen LogP contribution in [0.5, 0.6) is 0 Å². The lowest BCUT2D eigenvalue weighted by Gasteiger charge is -2.29. The van der Waals surface area contributed by atoms with E-state index in [0.29, 0.717) is 62.0 Å². The first-order chi connectivity index (χ1) is 18.6. The van der Waals surface area contributed by atoms with E-state index < -0.39 is 0 Å². The van der Waals surface area contributed by atoms with E-state index in [-0.39, 0.29) is 23.4 Å². The summed E-state index contributed by atoms with van der Waals surface area (Å²) in [6, 6.07) is 10.4. The standard InChI is InChI=1S/C27H28Cl3N7O2/c1-14(2)23-22-25(37(35-23)24-18(29)11-16(28)12-19(24)30)33-21(34-27(22)39)10-15-4-6-17(7-5-15)32-26(38)20-13-36(3)9-8-31-20/h4-7,11-12,14,20,31H,8-10,13H2,1-3H3,(H,32,38)(H,33,34,39). The molecular weight excluding hydrogens is 561 g/mol. The predicted molar refractivity (Wildman–Crippen MR) is 156 cm³/mol. The molecule has 1 atom stereocenters. The van der Waals surface area contributed by atoms with Crippen molar-refractivity contribution in [2.75, 3.05) is 32.0 Å². The molecule has 1 aliphatic heterocycles. The molecule has 0 spiro atoms. The van der Waals surface area contributed by atoms with E-state index in [0.717, 1.165) is 18.7 Å². The Hall–Kier alpha value is -2.95. The molecule has 0 bridgehead atoms. The largest absolute Gasteiger partial charge is 0.325 e. The summed E-state index contributed by atoms with van der Waals surface area (Å²) in [5.41, 5.74) is 2.66. The number of piperazine rings is 1. The van der Waals surface area contributed by atoms with Crippen LogP contribution in [0, 0.1) is 0 Å². The van der Waals surface area contributed by atoms with Gasteiger partial charge < -0.3 is 20.5 Å². The van der Waals surface area contributed by atoms with Crippen molar-refractivity contribution >= 4 is 57.4 Å². The van der Waals surface area contributed by atoms with Crippen LogP contribution < -0.4 is 16.2 Å². The van der Waals surface area contributed by atoms with Crippen molar-refractivity contribution in [2.24, 2.45) is 0 Å². The third-order valence-corrected chi connectivity index (χ3v) is 7.44. The number of anilines is 1. The molecule has 204 valence electrons. The van der Waals surface area contributed by atoms with E-state index in [1.807, 2.05) is 45.2 Å². The normalized spacial score (nSPS) is 16.2. The number of rotatable bonds is 6. The molecule has 1 aliphatic rings. The van der Waals surface area contributed by atoms with Crippen molar-refractivity contribution in [1.82, 2.24) is 30.0 Å². The third-order valence-electron chi connectivity index (χ3n) is 6.64. The molecule has 12 heteroatoms. The van der Waals surface area contributed by atoms with E-state index in [9.17, 15) is 9.59 Å². The molecule has 0 saturated carbocycles. The maximum Gasteiger partial charge on any atom is 0.262 e. The van der Waals surface area contributed by atoms with E-state index in [1.54, 1.807) is 12.1 Å². The maximum atomic E-state index is 13.2. The molecule has 2 aromatic carbocycles. The highest BCUT2D eigenvalue weighted by molar-refractivity contribution is 6.40. The van der Waals surface area contributed by atoms with Gasteiger partial charge in [-0.3, -0.25) is 9.59 Å². The number of nitrogens with zero attached hydrogens (tertiary/aromatic N) is 4. The van der Waals surface area contributed by atoms with Gasteiger partial charge in [-0.25, -0.2) is 9.67 Å². The number of benzene rings is 2. The van der Waals surface area contributed by atoms with Crippen LogP contribution in [0.3, 0.4) is 0 Å². The number of nitrogens with one attached hydrogen (secondary N) is 3. The Bertz CT molecular complexity index is 1570. The van der Waals surface area contributed by atoms with Crippen molar-refractivity contribution in [2.45, 2.75) is 32.2 Å². The Kier molecular flexibility index (Phi) is 7.98. The highest BCUT2D eigenvalue weighted by atomic mass is 35.5. The first-order valence-electron chi connectivity index (χ1n) is 12.6. The lowest BCUT2D eigenvalue weighted by molar-refractivity contribution is -0.119. The molecule has 9 nitrogen and oxygen atoms in total. The summed E-state index contributed by atoms with van der Waals surface area (Å²) < 4.78 is 1.51. The Labute approximate surface area is 240 Å². The number of amides is 1. The second-order valence-electron chi connectivity index (χ2n) is 10.0. The lowest BCUT2D eigenvalue weighted by Crippen LogP contribution is -2.54. The van der Waals surface area contributed by atoms with Crippen molar-refractivity contribution in [3.63, 3.8) is 0 Å². The highest BCUT2D eigenvalue weighted by Crippen LogP contribution is 2.34. The number of halogens is 3. The van der Waals surface area contributed by atoms with Gasteiger partial charge in [0.1, 0.15) is 16.9 Å². The van der Waals surface area contributed by atoms with E-state index >= 15 is 0 Å². The summed E-state index contributed by atoms with van der Waals surface area (Å²) in [5, 5.41) is 12.2. The fourth-order valence-corrected chi connectivity index (χ4v) is 5.66. The number of carbonyl (C=O) groups is 1. The molecule has 1 saturated heterocycles. The van der Waals surface area contributed by atoms with Gasteiger partial charge in [-0.15, -0.1) is 0 Å². The minimum Gasteiger partial charge on any atom is -0.325 e. The van der Waals surface area contributed by atoms with Crippen molar-refractivity contribution < 1.29 is 4.79 Å². The van der Waals surface area contributed by atoms with Crippen LogP contribution in [0.4, 0.5) is 5.69 Å². The average molecular weight is 589 g/mol. The quantitative estimate of drug-likeness (QED) is 0.303. The van der Waals surface area contributed by atoms with Crippen LogP contribution in [0.15, 0.2) is 41.2 Å². The summed E-state index contributed by atoms with van der Waals surface area (Å²) in [4.78, 5) is 35.7. The molecule has 5 rings (SSSR count). The molecule has 1 fully saturated rings. The van der Waals surface area contributed by atoms with Crippen LogP contribution >= 0.6 is 34.8 Å². The number of hydrogen-bond acceptors (Lipinski definition) is 6. The van der Waals surface area contributed by atoms with Gasteiger partial charge in [0, 0.05) is 36.8 Å². The Morgan fingerprint density at radius 2 is 1.85 bits per heavy atom. The smallest absolute Gasteiger partial charge is 0.262 e. The van der Waals surface area contributed by atoms with Gasteiger partial charge >= 0.3 is 0 Å². The predicted octanol–water partition coefficient (Wildman–Crippen LogP) is 4.63. The number of H-pyrrole nitrogens is 1. The Balaban J connectivity index is 1.44. The van der Waals surface area contributed by atoms with Gasteiger partial charge in [-0.2, -0.15) is 5.10 Å². The fraction of sp³-hybridized carbons (Fsp3) is 0.333. The van der Waals surface area contributed by atoms with Crippen LogP contribution in [0.25, 0.3) is 16.7 Å². The molecule has 1 amide bonds. The minimum absolute atomic E-state index is 0.0423. The van der Waals surface area contributed by atoms with Crippen molar-refractivity contribution in [3.8, 4) is 5.69 Å². The third kappa shape index (κ3) is 5.83. The van der Waals surface area contributed by atoms with Crippen LogP contribution in [-0.2, 0) is 11.2 Å². The summed E-state index contributed by atoms with van der Waals surface area (Å²) >= 11 is 19.1. The van der Waals surface area contributed by atoms with Gasteiger partial charge in [0.15, 0.2) is 5.65 Å². The first kappa shape index (κ1) is 27.6. The van der Waals surface area contributed by atoms with E-state index in [2.05, 4.69) is 25.6 Å². The molecular formula is C27H28Cl3N7O2. The zero-order valence-electron chi connectivity index (χ0n) is 21.7. The second kappa shape index (κ2) is 11.3. The Morgan fingerprint density at radius 3 is 2.49 bits per heavy atom. The highest BCUT2D eigenvalue weighted by Gasteiger charge is 2.24. The number of hydrogen-bond donors (Lipinski definition) is 3. The number of fused-ring (bicyclic) bond motifs is 1. The van der Waals surface area contributed by atoms with E-state index in [1.165, 1.54) is 4.68 Å². The van der Waals surface area contributed by atoms with Gasteiger partial charge in [0.2, 0.25) is 5.91 Å². The first-order valence-corrected chi connectivity index (χ1v) is 13.7. The SMILES string of the molecule is CC(C)c1nn(-c2c(Cl)cc(Cl)cc2Cl)c2nc(Cc3ccc(NC(=O)C4CN(C)CCN4)cc3)[nH]c(=O)c12. The zero-order valence-corrected chi connectivity index (χ0v) is 24.0. The van der Waals surface area contributed by atoms with Crippen LogP contribution in [0.1, 0.15) is 36.8 Å². The fourth-order valence-electron chi connectivity index (χ4n) is 4.68. The lowest BCUT2D eigenvalue weighted by atomic mass is 10.1. The number of likely N-dealkylation sites (N-methyl/N-ethyl adjacent to an activating group) is 1. The summed E-state index contributed by atoms with van der Waals surface area (Å²) in [6.45, 7) is 6.25. The van der Waals surface area contributed by atoms with Crippen molar-refractivity contribution in [3.05, 3.63) is 78.9 Å². The molecule has 39 heavy (non-hydrogen) atoms. The summed E-state index contributed by atoms with van der Waals surface area (Å²) in [7, 11) is 2.00. The number of carbonyl (C=O) groups excluding carboxylic acids is 1. The molecule has 3 N–H and O–H groups in total. The second-order valence-corrected chi connectivity index (χ2v) is 11.3. The van der Waals surface area contributed by atoms with Crippen LogP contribution in [0.2, 0.25) is 15.1 Å². The zero-order chi connectivity index (χ0) is 27.8. The minimum atomic E-state index is -0.292. The number of aromatic amines is 1. The Morgan fingerprint density at radius 1 is 1.15 bits per heavy atom. The molecule has 0 radical (unpaired) electrons. The van der Waals surface area contributed by atoms with Gasteiger partial charge in [0.25, 0.3) is 5.56 Å². The van der Waals surface area contributed by atoms with Gasteiger partial charge in [-0.1, -0.05) is 60.8 Å². The maximum absolute atomic E-state index is 13.2. The van der Waals surface area contributed by atoms with Crippen molar-refractivity contribution in [1.29, 1.82) is 0 Å². The van der Waals surface area contributed by atoms with Crippen LogP contribution in [-0.4, -0.2) is 63.3 Å². The molecule has 3 heterocycles. The molecule has 1 unspecified atom stereocenters. The summed E-state index contributed by atoms with van der Waals surface area (Å²) in [5.74, 6) is 0.343. The molecule has 4 aromatic rings. The van der Waals surface area contributed by atoms with Gasteiger partial charge in [0.05, 0.1) is 21.8 Å². The molecule has 0 aliphatic carbocycles. The average Bonchev–Trinajstić information content (AvgIpc) is 3.25. The summed E-state index contributed by atoms with van der Waals surface area (Å²) in [6.07, 6.45) is 0.360. The topological polar surface area (TPSA) is 108 Å². The van der Waals surface area contributed by atoms with E-state index in [4.69, 9.17) is 39.8 Å². The molecule has 2 aromatic heterocycles. The van der Waals surface area contributed by atoms with Gasteiger partial charge in [-0.05, 0) is 42.8 Å². The monoisotopic (exact) mass is 587 g/mol. The number of aromatic nitrogens is 4.